The number of rotatable bonds is 2. The molecule has 0 aliphatic rings. The molecule has 0 amide bonds. The van der Waals surface area contributed by atoms with E-state index >= 15 is 0 Å². The van der Waals surface area contributed by atoms with Gasteiger partial charge < -0.3 is 0 Å². The second-order valence-electron chi connectivity index (χ2n) is 3.34. The average Bonchev–Trinajstić information content (AvgIpc) is 2.30. The molecule has 0 radical (unpaired) electrons. The molecule has 88 valence electrons. The first-order valence-corrected chi connectivity index (χ1v) is 6.88. The van der Waals surface area contributed by atoms with Gasteiger partial charge in [-0.2, -0.15) is 0 Å². The van der Waals surface area contributed by atoms with E-state index in [9.17, 15) is 4.79 Å². The Morgan fingerprint density at radius 2 is 1.00 bits per heavy atom. The molecule has 0 aliphatic carbocycles. The zero-order valence-corrected chi connectivity index (χ0v) is 13.8. The summed E-state index contributed by atoms with van der Waals surface area (Å²) < 4.78 is 2.27. The van der Waals surface area contributed by atoms with Crippen LogP contribution in [0.5, 0.6) is 0 Å². The zero-order valence-electron chi connectivity index (χ0n) is 8.69. The molecule has 0 bridgehead atoms. The van der Waals surface area contributed by atoms with Crippen LogP contribution < -0.4 is 0 Å². The Labute approximate surface area is 134 Å². The van der Waals surface area contributed by atoms with Crippen molar-refractivity contribution in [1.82, 2.24) is 0 Å². The molecule has 17 heavy (non-hydrogen) atoms. The van der Waals surface area contributed by atoms with Crippen LogP contribution in [0, 0.1) is 7.14 Å². The number of carbonyl (C=O) groups excluding carboxylic acids is 1. The minimum Gasteiger partial charge on any atom is -0.289 e. The Kier molecular flexibility index (Phi) is 5.88. The van der Waals surface area contributed by atoms with Gasteiger partial charge in [0, 0.05) is 18.3 Å². The van der Waals surface area contributed by atoms with Gasteiger partial charge in [0.25, 0.3) is 0 Å². The lowest BCUT2D eigenvalue weighted by molar-refractivity contribution is 0.103. The fourth-order valence-electron chi connectivity index (χ4n) is 1.37. The molecular formula is C13H9ClI2O. The predicted molar refractivity (Wildman–Crippen MR) is 89.0 cm³/mol. The van der Waals surface area contributed by atoms with E-state index in [4.69, 9.17) is 0 Å². The second-order valence-corrected chi connectivity index (χ2v) is 5.83. The normalized spacial score (nSPS) is 9.53. The van der Waals surface area contributed by atoms with Gasteiger partial charge in [0.1, 0.15) is 0 Å². The highest BCUT2D eigenvalue weighted by Gasteiger charge is 2.07. The van der Waals surface area contributed by atoms with Gasteiger partial charge in [-0.25, -0.2) is 0 Å². The number of benzene rings is 2. The monoisotopic (exact) mass is 470 g/mol. The molecule has 0 spiro atoms. The third kappa shape index (κ3) is 3.93. The van der Waals surface area contributed by atoms with E-state index in [2.05, 4.69) is 45.2 Å². The van der Waals surface area contributed by atoms with Crippen LogP contribution in [0.25, 0.3) is 0 Å². The zero-order chi connectivity index (χ0) is 11.5. The van der Waals surface area contributed by atoms with Gasteiger partial charge in [0.15, 0.2) is 5.78 Å². The summed E-state index contributed by atoms with van der Waals surface area (Å²) in [5.74, 6) is 0.0767. The van der Waals surface area contributed by atoms with Crippen LogP contribution in [0.2, 0.25) is 0 Å². The van der Waals surface area contributed by atoms with E-state index < -0.39 is 0 Å². The van der Waals surface area contributed by atoms with Crippen molar-refractivity contribution in [2.45, 2.75) is 0 Å². The van der Waals surface area contributed by atoms with Crippen molar-refractivity contribution in [3.8, 4) is 0 Å². The smallest absolute Gasteiger partial charge is 0.193 e. The number of hydrogen-bond donors (Lipinski definition) is 0. The Morgan fingerprint density at radius 3 is 1.29 bits per heavy atom. The maximum absolute atomic E-state index is 12.1. The first-order valence-electron chi connectivity index (χ1n) is 4.72. The Morgan fingerprint density at radius 1 is 0.706 bits per heavy atom. The fourth-order valence-corrected chi connectivity index (χ4v) is 2.09. The van der Waals surface area contributed by atoms with Gasteiger partial charge in [-0.05, 0) is 93.7 Å². The van der Waals surface area contributed by atoms with E-state index in [-0.39, 0.29) is 18.2 Å². The lowest BCUT2D eigenvalue weighted by Gasteiger charge is -2.01. The van der Waals surface area contributed by atoms with Gasteiger partial charge >= 0.3 is 0 Å². The molecular weight excluding hydrogens is 461 g/mol. The molecule has 0 heterocycles. The van der Waals surface area contributed by atoms with Crippen molar-refractivity contribution in [3.05, 3.63) is 66.8 Å². The van der Waals surface area contributed by atoms with E-state index in [1.54, 1.807) is 0 Å². The third-order valence-electron chi connectivity index (χ3n) is 2.21. The summed E-state index contributed by atoms with van der Waals surface area (Å²) in [4.78, 5) is 12.1. The number of carbonyl (C=O) groups is 1. The minimum absolute atomic E-state index is 0. The molecule has 0 unspecified atom stereocenters. The maximum Gasteiger partial charge on any atom is 0.193 e. The highest BCUT2D eigenvalue weighted by Crippen LogP contribution is 2.13. The van der Waals surface area contributed by atoms with Crippen LogP contribution in [0.15, 0.2) is 48.5 Å². The highest BCUT2D eigenvalue weighted by atomic mass is 127. The summed E-state index contributed by atoms with van der Waals surface area (Å²) in [5.41, 5.74) is 1.48. The fraction of sp³-hybridized carbons (Fsp3) is 0. The first kappa shape index (κ1) is 14.9. The van der Waals surface area contributed by atoms with Crippen LogP contribution in [0.4, 0.5) is 0 Å². The van der Waals surface area contributed by atoms with Crippen molar-refractivity contribution in [1.29, 1.82) is 0 Å². The maximum atomic E-state index is 12.1. The van der Waals surface area contributed by atoms with Crippen molar-refractivity contribution in [2.75, 3.05) is 0 Å². The molecule has 0 aromatic heterocycles. The van der Waals surface area contributed by atoms with Crippen LogP contribution in [0.1, 0.15) is 15.9 Å². The van der Waals surface area contributed by atoms with Crippen molar-refractivity contribution < 1.29 is 4.79 Å². The summed E-state index contributed by atoms with van der Waals surface area (Å²) in [6.07, 6.45) is 0. The quantitative estimate of drug-likeness (QED) is 0.465. The topological polar surface area (TPSA) is 17.1 Å². The summed E-state index contributed by atoms with van der Waals surface area (Å²) in [6.45, 7) is 0. The Balaban J connectivity index is 0.00000144. The summed E-state index contributed by atoms with van der Waals surface area (Å²) in [5, 5.41) is 0. The largest absolute Gasteiger partial charge is 0.289 e. The third-order valence-corrected chi connectivity index (χ3v) is 3.65. The average molecular weight is 470 g/mol. The predicted octanol–water partition coefficient (Wildman–Crippen LogP) is 4.55. The van der Waals surface area contributed by atoms with E-state index in [1.807, 2.05) is 48.5 Å². The molecule has 0 aliphatic heterocycles. The van der Waals surface area contributed by atoms with E-state index in [0.717, 1.165) is 18.3 Å². The van der Waals surface area contributed by atoms with Gasteiger partial charge in [0.05, 0.1) is 0 Å². The molecule has 1 nitrogen and oxygen atoms in total. The van der Waals surface area contributed by atoms with Gasteiger partial charge in [-0.1, -0.05) is 0 Å². The molecule has 0 saturated carbocycles. The van der Waals surface area contributed by atoms with E-state index in [1.165, 1.54) is 0 Å². The summed E-state index contributed by atoms with van der Waals surface area (Å²) >= 11 is 4.45. The van der Waals surface area contributed by atoms with Crippen molar-refractivity contribution in [2.24, 2.45) is 0 Å². The van der Waals surface area contributed by atoms with Crippen LogP contribution in [-0.4, -0.2) is 5.78 Å². The second kappa shape index (κ2) is 6.70. The molecule has 4 heteroatoms. The first-order chi connectivity index (χ1) is 7.66. The number of ketones is 1. The standard InChI is InChI=1S/C13H8I2O.ClH/c14-11-5-1-9(2-6-11)13(16)10-3-7-12(15)8-4-10;/h1-8H;1H. The summed E-state index contributed by atoms with van der Waals surface area (Å²) in [7, 11) is 0. The number of halogens is 3. The van der Waals surface area contributed by atoms with Gasteiger partial charge in [-0.15, -0.1) is 12.4 Å². The van der Waals surface area contributed by atoms with Crippen molar-refractivity contribution in [3.63, 3.8) is 0 Å². The number of hydrogen-bond acceptors (Lipinski definition) is 1. The molecule has 0 N–H and O–H groups in total. The summed E-state index contributed by atoms with van der Waals surface area (Å²) in [6, 6.07) is 15.2. The van der Waals surface area contributed by atoms with Crippen LogP contribution in [-0.2, 0) is 0 Å². The Bertz CT molecular complexity index is 458. The molecule has 2 aromatic carbocycles. The van der Waals surface area contributed by atoms with Gasteiger partial charge in [0.2, 0.25) is 0 Å². The van der Waals surface area contributed by atoms with Crippen LogP contribution >= 0.6 is 57.6 Å². The van der Waals surface area contributed by atoms with Gasteiger partial charge in [-0.3, -0.25) is 4.79 Å². The molecule has 0 fully saturated rings. The Hall–Kier alpha value is -0.140. The SMILES string of the molecule is Cl.O=C(c1ccc(I)cc1)c1ccc(I)cc1. The lowest BCUT2D eigenvalue weighted by atomic mass is 10.0. The lowest BCUT2D eigenvalue weighted by Crippen LogP contribution is -2.00. The molecule has 2 aromatic rings. The van der Waals surface area contributed by atoms with Crippen LogP contribution in [0.3, 0.4) is 0 Å². The minimum atomic E-state index is 0. The van der Waals surface area contributed by atoms with E-state index in [0.29, 0.717) is 0 Å². The van der Waals surface area contributed by atoms with Crippen molar-refractivity contribution >= 4 is 63.4 Å². The molecule has 0 saturated heterocycles. The molecule has 0 atom stereocenters. The highest BCUT2D eigenvalue weighted by molar-refractivity contribution is 14.1. The molecule has 2 rings (SSSR count).